The highest BCUT2D eigenvalue weighted by atomic mass is 19.3. The van der Waals surface area contributed by atoms with Gasteiger partial charge in [0, 0.05) is 13.1 Å². The standard InChI is InChI=1S/C9H14F3N/c1-7-3-5-13(6-4-7)9(11,12)8(2)10/h7H,2-6H2,1H3. The van der Waals surface area contributed by atoms with E-state index in [2.05, 4.69) is 6.58 Å². The van der Waals surface area contributed by atoms with Gasteiger partial charge in [0.1, 0.15) is 0 Å². The zero-order valence-corrected chi connectivity index (χ0v) is 7.69. The van der Waals surface area contributed by atoms with Gasteiger partial charge in [0.2, 0.25) is 0 Å². The van der Waals surface area contributed by atoms with Crippen molar-refractivity contribution in [3.63, 3.8) is 0 Å². The molecule has 76 valence electrons. The van der Waals surface area contributed by atoms with E-state index in [-0.39, 0.29) is 13.1 Å². The number of nitrogens with zero attached hydrogens (tertiary/aromatic N) is 1. The van der Waals surface area contributed by atoms with E-state index >= 15 is 0 Å². The molecule has 1 fully saturated rings. The number of hydrogen-bond donors (Lipinski definition) is 0. The number of alkyl halides is 2. The lowest BCUT2D eigenvalue weighted by Gasteiger charge is -2.34. The minimum atomic E-state index is -3.47. The number of halogens is 3. The molecule has 0 aromatic carbocycles. The van der Waals surface area contributed by atoms with Gasteiger partial charge in [0.15, 0.2) is 5.83 Å². The van der Waals surface area contributed by atoms with Gasteiger partial charge in [-0.3, -0.25) is 0 Å². The maximum absolute atomic E-state index is 13.0. The van der Waals surface area contributed by atoms with Crippen molar-refractivity contribution in [1.82, 2.24) is 4.90 Å². The zero-order valence-electron chi connectivity index (χ0n) is 7.69. The van der Waals surface area contributed by atoms with E-state index in [0.29, 0.717) is 18.8 Å². The molecular weight excluding hydrogens is 179 g/mol. The smallest absolute Gasteiger partial charge is 0.238 e. The van der Waals surface area contributed by atoms with Crippen LogP contribution in [0.1, 0.15) is 19.8 Å². The van der Waals surface area contributed by atoms with E-state index in [1.165, 1.54) is 0 Å². The van der Waals surface area contributed by atoms with Gasteiger partial charge < -0.3 is 0 Å². The Kier molecular flexibility index (Phi) is 3.01. The van der Waals surface area contributed by atoms with Crippen molar-refractivity contribution in [2.24, 2.45) is 5.92 Å². The Morgan fingerprint density at radius 1 is 1.38 bits per heavy atom. The normalized spacial score (nSPS) is 21.8. The van der Waals surface area contributed by atoms with Gasteiger partial charge in [0.05, 0.1) is 0 Å². The quantitative estimate of drug-likeness (QED) is 0.609. The predicted molar refractivity (Wildman–Crippen MR) is 45.2 cm³/mol. The highest BCUT2D eigenvalue weighted by molar-refractivity contribution is 4.97. The van der Waals surface area contributed by atoms with Crippen molar-refractivity contribution in [1.29, 1.82) is 0 Å². The minimum Gasteiger partial charge on any atom is -0.238 e. The molecule has 0 aromatic rings. The monoisotopic (exact) mass is 193 g/mol. The summed E-state index contributed by atoms with van der Waals surface area (Å²) in [6.07, 6.45) is 1.39. The molecule has 1 saturated heterocycles. The first-order valence-electron chi connectivity index (χ1n) is 4.42. The molecule has 0 atom stereocenters. The molecule has 1 aliphatic heterocycles. The molecule has 0 bridgehead atoms. The lowest BCUT2D eigenvalue weighted by molar-refractivity contribution is -0.138. The van der Waals surface area contributed by atoms with E-state index in [0.717, 1.165) is 4.90 Å². The first-order chi connectivity index (χ1) is 5.94. The molecule has 1 heterocycles. The van der Waals surface area contributed by atoms with Crippen LogP contribution in [0.25, 0.3) is 0 Å². The van der Waals surface area contributed by atoms with Crippen molar-refractivity contribution < 1.29 is 13.2 Å². The zero-order chi connectivity index (χ0) is 10.1. The van der Waals surface area contributed by atoms with Crippen molar-refractivity contribution in [3.8, 4) is 0 Å². The average Bonchev–Trinajstić information content (AvgIpc) is 2.04. The van der Waals surface area contributed by atoms with Gasteiger partial charge in [-0.1, -0.05) is 13.5 Å². The van der Waals surface area contributed by atoms with Crippen LogP contribution in [0.15, 0.2) is 12.4 Å². The van der Waals surface area contributed by atoms with Gasteiger partial charge in [-0.15, -0.1) is 0 Å². The molecule has 1 rings (SSSR count). The maximum atomic E-state index is 13.0. The fraction of sp³-hybridized carbons (Fsp3) is 0.778. The first kappa shape index (κ1) is 10.6. The first-order valence-corrected chi connectivity index (χ1v) is 4.42. The summed E-state index contributed by atoms with van der Waals surface area (Å²) in [5.74, 6) is -1.10. The van der Waals surface area contributed by atoms with Gasteiger partial charge >= 0.3 is 6.05 Å². The fourth-order valence-electron chi connectivity index (χ4n) is 1.46. The Bertz CT molecular complexity index is 195. The van der Waals surface area contributed by atoms with Crippen LogP contribution in [0.2, 0.25) is 0 Å². The molecule has 0 N–H and O–H groups in total. The lowest BCUT2D eigenvalue weighted by atomic mass is 9.99. The fourth-order valence-corrected chi connectivity index (χ4v) is 1.46. The second-order valence-corrected chi connectivity index (χ2v) is 3.62. The van der Waals surface area contributed by atoms with E-state index in [9.17, 15) is 13.2 Å². The lowest BCUT2D eigenvalue weighted by Crippen LogP contribution is -2.46. The molecule has 13 heavy (non-hydrogen) atoms. The molecule has 0 amide bonds. The summed E-state index contributed by atoms with van der Waals surface area (Å²) in [6, 6.07) is -3.47. The summed E-state index contributed by atoms with van der Waals surface area (Å²) in [7, 11) is 0. The van der Waals surface area contributed by atoms with Gasteiger partial charge in [-0.05, 0) is 18.8 Å². The Balaban J connectivity index is 2.58. The number of rotatable bonds is 2. The van der Waals surface area contributed by atoms with Crippen molar-refractivity contribution in [2.75, 3.05) is 13.1 Å². The molecule has 0 spiro atoms. The summed E-state index contributed by atoms with van der Waals surface area (Å²) >= 11 is 0. The van der Waals surface area contributed by atoms with Crippen molar-refractivity contribution >= 4 is 0 Å². The Labute approximate surface area is 76.2 Å². The Morgan fingerprint density at radius 2 is 1.85 bits per heavy atom. The molecule has 0 aromatic heterocycles. The van der Waals surface area contributed by atoms with E-state index in [1.807, 2.05) is 6.92 Å². The second-order valence-electron chi connectivity index (χ2n) is 3.62. The van der Waals surface area contributed by atoms with Crippen LogP contribution in [0, 0.1) is 5.92 Å². The predicted octanol–water partition coefficient (Wildman–Crippen LogP) is 2.79. The van der Waals surface area contributed by atoms with Crippen LogP contribution in [0.4, 0.5) is 13.2 Å². The highest BCUT2D eigenvalue weighted by Crippen LogP contribution is 2.32. The highest BCUT2D eigenvalue weighted by Gasteiger charge is 2.42. The molecular formula is C9H14F3N. The van der Waals surface area contributed by atoms with Gasteiger partial charge in [0.25, 0.3) is 0 Å². The van der Waals surface area contributed by atoms with Crippen molar-refractivity contribution in [3.05, 3.63) is 12.4 Å². The van der Waals surface area contributed by atoms with E-state index in [1.54, 1.807) is 0 Å². The van der Waals surface area contributed by atoms with Gasteiger partial charge in [-0.25, -0.2) is 9.29 Å². The second kappa shape index (κ2) is 3.70. The summed E-state index contributed by atoms with van der Waals surface area (Å²) in [5, 5.41) is 0. The topological polar surface area (TPSA) is 3.24 Å². The number of likely N-dealkylation sites (tertiary alicyclic amines) is 1. The Hall–Kier alpha value is -0.510. The van der Waals surface area contributed by atoms with E-state index < -0.39 is 11.9 Å². The van der Waals surface area contributed by atoms with Crippen LogP contribution in [-0.4, -0.2) is 24.0 Å². The van der Waals surface area contributed by atoms with Crippen LogP contribution in [-0.2, 0) is 0 Å². The van der Waals surface area contributed by atoms with Crippen LogP contribution in [0.3, 0.4) is 0 Å². The molecule has 0 aliphatic carbocycles. The maximum Gasteiger partial charge on any atom is 0.357 e. The summed E-state index contributed by atoms with van der Waals surface area (Å²) in [5.41, 5.74) is 0. The molecule has 4 heteroatoms. The SMILES string of the molecule is C=C(F)C(F)(F)N1CCC(C)CC1. The molecule has 0 radical (unpaired) electrons. The molecule has 0 saturated carbocycles. The van der Waals surface area contributed by atoms with Crippen LogP contribution in [0.5, 0.6) is 0 Å². The Morgan fingerprint density at radius 3 is 2.23 bits per heavy atom. The van der Waals surface area contributed by atoms with Gasteiger partial charge in [-0.2, -0.15) is 8.78 Å². The minimum absolute atomic E-state index is 0.247. The molecule has 1 nitrogen and oxygen atoms in total. The third-order valence-electron chi connectivity index (χ3n) is 2.51. The van der Waals surface area contributed by atoms with Crippen LogP contribution >= 0.6 is 0 Å². The third-order valence-corrected chi connectivity index (χ3v) is 2.51. The number of piperidine rings is 1. The molecule has 0 unspecified atom stereocenters. The summed E-state index contributed by atoms with van der Waals surface area (Å²) < 4.78 is 38.4. The number of hydrogen-bond acceptors (Lipinski definition) is 1. The van der Waals surface area contributed by atoms with E-state index in [4.69, 9.17) is 0 Å². The summed E-state index contributed by atoms with van der Waals surface area (Å²) in [6.45, 7) is 5.17. The average molecular weight is 193 g/mol. The summed E-state index contributed by atoms with van der Waals surface area (Å²) in [4.78, 5) is 0.856. The molecule has 1 aliphatic rings. The largest absolute Gasteiger partial charge is 0.357 e. The van der Waals surface area contributed by atoms with Crippen LogP contribution < -0.4 is 0 Å². The van der Waals surface area contributed by atoms with Crippen molar-refractivity contribution in [2.45, 2.75) is 25.8 Å². The third kappa shape index (κ3) is 2.24.